The number of benzene rings is 1. The van der Waals surface area contributed by atoms with E-state index in [-0.39, 0.29) is 5.91 Å². The van der Waals surface area contributed by atoms with Crippen molar-refractivity contribution in [3.63, 3.8) is 0 Å². The quantitative estimate of drug-likeness (QED) is 0.460. The molecule has 0 aliphatic rings. The van der Waals surface area contributed by atoms with Crippen molar-refractivity contribution in [2.24, 2.45) is 12.8 Å². The van der Waals surface area contributed by atoms with Crippen molar-refractivity contribution in [3.05, 3.63) is 30.6 Å². The predicted molar refractivity (Wildman–Crippen MR) is 73.6 cm³/mol. The van der Waals surface area contributed by atoms with Crippen LogP contribution in [-0.4, -0.2) is 30.6 Å². The van der Waals surface area contributed by atoms with Crippen LogP contribution in [0.4, 0.5) is 0 Å². The molecule has 8 nitrogen and oxygen atoms in total. The first kappa shape index (κ1) is 17.1. The van der Waals surface area contributed by atoms with Crippen LogP contribution in [0.15, 0.2) is 30.6 Å². The molecule has 0 radical (unpaired) electrons. The Bertz CT molecular complexity index is 724. The van der Waals surface area contributed by atoms with E-state index in [4.69, 9.17) is 5.73 Å². The number of aromatic nitrogens is 2. The Morgan fingerprint density at radius 1 is 1.43 bits per heavy atom. The van der Waals surface area contributed by atoms with E-state index in [0.717, 1.165) is 18.1 Å². The molecule has 0 saturated carbocycles. The Balaban J connectivity index is 0.000000315. The van der Waals surface area contributed by atoms with Crippen LogP contribution in [-0.2, 0) is 33.0 Å². The van der Waals surface area contributed by atoms with E-state index in [1.165, 1.54) is 0 Å². The lowest BCUT2D eigenvalue weighted by molar-refractivity contribution is -0.645. The van der Waals surface area contributed by atoms with Crippen molar-refractivity contribution >= 4 is 27.3 Å². The highest BCUT2D eigenvalue weighted by Gasteiger charge is 2.12. The molecule has 0 saturated heterocycles. The predicted octanol–water partition coefficient (Wildman–Crippen LogP) is -0.566. The lowest BCUT2D eigenvalue weighted by Gasteiger charge is -1.98. The Kier molecular flexibility index (Phi) is 5.82. The zero-order chi connectivity index (χ0) is 16.0. The minimum Gasteiger partial charge on any atom is -0.726 e. The lowest BCUT2D eigenvalue weighted by Crippen LogP contribution is -2.25. The van der Waals surface area contributed by atoms with Crippen molar-refractivity contribution in [2.45, 2.75) is 13.0 Å². The number of carbonyl (C=O) groups excluding carboxylic acids is 1. The molecule has 0 atom stereocenters. The number of hydrogen-bond acceptors (Lipinski definition) is 5. The summed E-state index contributed by atoms with van der Waals surface area (Å²) in [5, 5.41) is 0. The number of para-hydroxylation sites is 2. The summed E-state index contributed by atoms with van der Waals surface area (Å²) < 4.78 is 35.1. The van der Waals surface area contributed by atoms with Crippen molar-refractivity contribution in [3.8, 4) is 0 Å². The summed E-state index contributed by atoms with van der Waals surface area (Å²) in [6, 6.07) is 8.08. The van der Waals surface area contributed by atoms with Crippen LogP contribution in [0, 0.1) is 0 Å². The van der Waals surface area contributed by atoms with Gasteiger partial charge < -0.3 is 10.3 Å². The second kappa shape index (κ2) is 7.16. The fraction of sp³-hybridized carbons (Fsp3) is 0.333. The normalized spacial score (nSPS) is 11.0. The topological polar surface area (TPSA) is 118 Å². The van der Waals surface area contributed by atoms with Crippen LogP contribution in [0.5, 0.6) is 0 Å². The van der Waals surface area contributed by atoms with Gasteiger partial charge in [-0.2, -0.15) is 0 Å². The maximum atomic E-state index is 10.7. The SMILES string of the molecule is COS(=O)(=O)[O-].C[n+]1cn(CCC(N)=O)c2ccccc21. The van der Waals surface area contributed by atoms with Crippen LogP contribution >= 0.6 is 0 Å². The summed E-state index contributed by atoms with van der Waals surface area (Å²) in [5.41, 5.74) is 7.41. The summed E-state index contributed by atoms with van der Waals surface area (Å²) >= 11 is 0. The van der Waals surface area contributed by atoms with Gasteiger partial charge in [0.25, 0.3) is 0 Å². The molecule has 2 aromatic rings. The van der Waals surface area contributed by atoms with E-state index >= 15 is 0 Å². The largest absolute Gasteiger partial charge is 0.726 e. The maximum absolute atomic E-state index is 10.7. The highest BCUT2D eigenvalue weighted by atomic mass is 32.3. The first-order valence-electron chi connectivity index (χ1n) is 5.98. The summed E-state index contributed by atoms with van der Waals surface area (Å²) in [7, 11) is -1.61. The second-order valence-corrected chi connectivity index (χ2v) is 5.35. The Labute approximate surface area is 122 Å². The van der Waals surface area contributed by atoms with Gasteiger partial charge in [-0.1, -0.05) is 12.1 Å². The van der Waals surface area contributed by atoms with Crippen molar-refractivity contribution in [1.29, 1.82) is 0 Å². The Morgan fingerprint density at radius 2 is 2.00 bits per heavy atom. The van der Waals surface area contributed by atoms with Gasteiger partial charge in [0.15, 0.2) is 11.0 Å². The fourth-order valence-corrected chi connectivity index (χ4v) is 1.75. The number of fused-ring (bicyclic) bond motifs is 1. The second-order valence-electron chi connectivity index (χ2n) is 4.20. The third kappa shape index (κ3) is 5.50. The van der Waals surface area contributed by atoms with Gasteiger partial charge in [0.05, 0.1) is 27.1 Å². The van der Waals surface area contributed by atoms with Crippen LogP contribution in [0.2, 0.25) is 0 Å². The number of aryl methyl sites for hydroxylation is 2. The van der Waals surface area contributed by atoms with Crippen molar-refractivity contribution in [1.82, 2.24) is 4.57 Å². The molecule has 21 heavy (non-hydrogen) atoms. The van der Waals surface area contributed by atoms with E-state index in [0.29, 0.717) is 13.0 Å². The molecular weight excluding hydrogens is 298 g/mol. The van der Waals surface area contributed by atoms with Gasteiger partial charge in [-0.05, 0) is 12.1 Å². The monoisotopic (exact) mass is 315 g/mol. The summed E-state index contributed by atoms with van der Waals surface area (Å²) in [5.74, 6) is -0.268. The van der Waals surface area contributed by atoms with Gasteiger partial charge in [-0.15, -0.1) is 0 Å². The third-order valence-corrected chi connectivity index (χ3v) is 3.10. The van der Waals surface area contributed by atoms with Gasteiger partial charge >= 0.3 is 0 Å². The number of imidazole rings is 1. The first-order valence-corrected chi connectivity index (χ1v) is 7.31. The van der Waals surface area contributed by atoms with Gasteiger partial charge in [0.1, 0.15) is 0 Å². The molecule has 1 aromatic carbocycles. The smallest absolute Gasteiger partial charge is 0.244 e. The molecule has 0 aliphatic heterocycles. The molecule has 116 valence electrons. The molecular formula is C12H17N3O5S. The zero-order valence-corrected chi connectivity index (χ0v) is 12.5. The van der Waals surface area contributed by atoms with Gasteiger partial charge in [0.2, 0.25) is 22.6 Å². The average molecular weight is 315 g/mol. The molecule has 9 heteroatoms. The molecule has 0 aliphatic carbocycles. The summed E-state index contributed by atoms with van der Waals surface area (Å²) in [6.07, 6.45) is 2.35. The van der Waals surface area contributed by atoms with Crippen molar-refractivity contribution < 1.29 is 26.5 Å². The highest BCUT2D eigenvalue weighted by molar-refractivity contribution is 7.80. The Morgan fingerprint density at radius 3 is 2.52 bits per heavy atom. The molecule has 1 aromatic heterocycles. The van der Waals surface area contributed by atoms with Gasteiger partial charge in [-0.25, -0.2) is 17.6 Å². The van der Waals surface area contributed by atoms with E-state index in [1.807, 2.05) is 40.7 Å². The molecule has 1 amide bonds. The molecule has 0 unspecified atom stereocenters. The standard InChI is InChI=1S/C11H13N3O.CH4O4S/c1-13-8-14(7-6-11(12)15)10-5-3-2-4-9(10)13;1-5-6(2,3)4/h2-5,8H,6-7H2,1H3,(H-,12,15);1H3,(H,2,3,4). The number of amides is 1. The fourth-order valence-electron chi connectivity index (χ4n) is 1.75. The lowest BCUT2D eigenvalue weighted by atomic mass is 10.3. The van der Waals surface area contributed by atoms with E-state index < -0.39 is 10.4 Å². The highest BCUT2D eigenvalue weighted by Crippen LogP contribution is 2.10. The molecule has 0 fully saturated rings. The maximum Gasteiger partial charge on any atom is 0.244 e. The number of hydrogen-bond donors (Lipinski definition) is 1. The first-order chi connectivity index (χ1) is 9.74. The van der Waals surface area contributed by atoms with Gasteiger partial charge in [0, 0.05) is 0 Å². The zero-order valence-electron chi connectivity index (χ0n) is 11.7. The van der Waals surface area contributed by atoms with Crippen LogP contribution in [0.3, 0.4) is 0 Å². The number of carbonyl (C=O) groups is 1. The molecule has 0 bridgehead atoms. The molecule has 2 N–H and O–H groups in total. The molecule has 2 rings (SSSR count). The van der Waals surface area contributed by atoms with Crippen LogP contribution < -0.4 is 10.3 Å². The third-order valence-electron chi connectivity index (χ3n) is 2.69. The van der Waals surface area contributed by atoms with E-state index in [1.54, 1.807) is 0 Å². The Hall–Kier alpha value is -1.97. The number of nitrogens with two attached hydrogens (primary N) is 1. The molecule has 0 spiro atoms. The minimum absolute atomic E-state index is 0.268. The van der Waals surface area contributed by atoms with Crippen molar-refractivity contribution in [2.75, 3.05) is 7.11 Å². The van der Waals surface area contributed by atoms with E-state index in [9.17, 15) is 17.8 Å². The number of primary amides is 1. The number of rotatable bonds is 4. The minimum atomic E-state index is -4.41. The van der Waals surface area contributed by atoms with E-state index in [2.05, 4.69) is 10.2 Å². The van der Waals surface area contributed by atoms with Crippen LogP contribution in [0.25, 0.3) is 11.0 Å². The average Bonchev–Trinajstić information content (AvgIpc) is 2.74. The summed E-state index contributed by atoms with van der Waals surface area (Å²) in [6.45, 7) is 0.636. The van der Waals surface area contributed by atoms with Gasteiger partial charge in [-0.3, -0.25) is 8.98 Å². The molecule has 1 heterocycles. The van der Waals surface area contributed by atoms with Crippen LogP contribution in [0.1, 0.15) is 6.42 Å². The summed E-state index contributed by atoms with van der Waals surface area (Å²) in [4.78, 5) is 10.7. The number of nitrogens with zero attached hydrogens (tertiary/aromatic N) is 2.